The van der Waals surface area contributed by atoms with Crippen molar-refractivity contribution in [3.05, 3.63) is 0 Å². The first-order valence-electron chi connectivity index (χ1n) is 15.6. The van der Waals surface area contributed by atoms with Crippen LogP contribution in [-0.4, -0.2) is 25.6 Å². The van der Waals surface area contributed by atoms with Crippen LogP contribution in [0.15, 0.2) is 0 Å². The van der Waals surface area contributed by atoms with E-state index < -0.39 is 8.32 Å². The molecule has 0 radical (unpaired) electrons. The molecule has 0 bridgehead atoms. The van der Waals surface area contributed by atoms with E-state index in [2.05, 4.69) is 68.5 Å². The lowest BCUT2D eigenvalue weighted by Gasteiger charge is -2.65. The van der Waals surface area contributed by atoms with Gasteiger partial charge in [-0.05, 0) is 115 Å². The summed E-state index contributed by atoms with van der Waals surface area (Å²) in [5.74, 6) is 4.72. The molecule has 0 amide bonds. The molecule has 0 spiro atoms. The van der Waals surface area contributed by atoms with Crippen LogP contribution in [0.1, 0.15) is 120 Å². The molecule has 11 atom stereocenters. The first kappa shape index (κ1) is 28.2. The van der Waals surface area contributed by atoms with Crippen molar-refractivity contribution in [2.75, 3.05) is 0 Å². The molecule has 0 aromatic rings. The number of aliphatic hydroxyl groups excluding tert-OH is 1. The third-order valence-corrected chi connectivity index (χ3v) is 17.7. The van der Waals surface area contributed by atoms with Crippen molar-refractivity contribution in [2.24, 2.45) is 52.3 Å². The fraction of sp³-hybridized carbons (Fsp3) is 1.00. The van der Waals surface area contributed by atoms with E-state index in [1.807, 2.05) is 0 Å². The Bertz CT molecular complexity index is 742. The Hall–Kier alpha value is 0.137. The molecule has 0 aliphatic heterocycles. The highest BCUT2D eigenvalue weighted by Crippen LogP contribution is 2.69. The zero-order valence-electron chi connectivity index (χ0n) is 25.1. The molecule has 3 heteroatoms. The first-order valence-corrected chi connectivity index (χ1v) is 18.5. The second-order valence-corrected chi connectivity index (χ2v) is 20.5. The van der Waals surface area contributed by atoms with Crippen LogP contribution in [0, 0.1) is 52.3 Å². The minimum absolute atomic E-state index is 0.112. The Morgan fingerprint density at radius 2 is 1.57 bits per heavy atom. The van der Waals surface area contributed by atoms with Crippen molar-refractivity contribution in [3.8, 4) is 0 Å². The molecule has 0 saturated heterocycles. The van der Waals surface area contributed by atoms with E-state index in [4.69, 9.17) is 4.43 Å². The minimum atomic E-state index is -1.77. The third kappa shape index (κ3) is 4.54. The van der Waals surface area contributed by atoms with Crippen LogP contribution in [0.25, 0.3) is 0 Å². The first-order chi connectivity index (χ1) is 16.2. The maximum absolute atomic E-state index is 12.1. The summed E-state index contributed by atoms with van der Waals surface area (Å²) in [4.78, 5) is 0. The summed E-state index contributed by atoms with van der Waals surface area (Å²) in [6.45, 7) is 24.5. The molecule has 2 nitrogen and oxygen atoms in total. The highest BCUT2D eigenvalue weighted by atomic mass is 28.4. The van der Waals surface area contributed by atoms with E-state index >= 15 is 0 Å². The summed E-state index contributed by atoms with van der Waals surface area (Å²) in [6.07, 6.45) is 13.3. The lowest BCUT2D eigenvalue weighted by molar-refractivity contribution is -0.202. The average Bonchev–Trinajstić information content (AvgIpc) is 3.11. The Morgan fingerprint density at radius 1 is 0.943 bits per heavy atom. The van der Waals surface area contributed by atoms with E-state index in [-0.39, 0.29) is 11.1 Å². The van der Waals surface area contributed by atoms with E-state index in [1.54, 1.807) is 0 Å². The van der Waals surface area contributed by atoms with Gasteiger partial charge in [0.05, 0.1) is 6.10 Å². The van der Waals surface area contributed by atoms with Gasteiger partial charge in [-0.25, -0.2) is 0 Å². The maximum atomic E-state index is 12.1. The number of hydrogen-bond donors (Lipinski definition) is 1. The number of fused-ring (bicyclic) bond motifs is 5. The van der Waals surface area contributed by atoms with Crippen molar-refractivity contribution in [2.45, 2.75) is 150 Å². The van der Waals surface area contributed by atoms with E-state index in [1.165, 1.54) is 57.8 Å². The van der Waals surface area contributed by atoms with Crippen molar-refractivity contribution >= 4 is 8.32 Å². The van der Waals surface area contributed by atoms with Crippen molar-refractivity contribution < 1.29 is 9.53 Å². The van der Waals surface area contributed by atoms with Gasteiger partial charge in [0.15, 0.2) is 8.32 Å². The molecule has 4 aliphatic carbocycles. The Morgan fingerprint density at radius 3 is 2.17 bits per heavy atom. The molecule has 3 unspecified atom stereocenters. The zero-order chi connectivity index (χ0) is 26.0. The van der Waals surface area contributed by atoms with Gasteiger partial charge in [0.1, 0.15) is 0 Å². The standard InChI is InChI=1S/C32H60O2Si/c1-11-13-21(3)24-14-15-25-28-26(17-19-31(24,25)7)32(8)18-16-22(34-35(9,10)30(4,5)6)20-27(32)23(12-2)29(28)33/h21-29,33H,11-20H2,1-10H3/t21-,22-,23-,24-,25?,26?,27+,28?,29-,31-,32-/m1/s1. The summed E-state index contributed by atoms with van der Waals surface area (Å²) in [5, 5.41) is 12.4. The lowest BCUT2D eigenvalue weighted by atomic mass is 9.41. The summed E-state index contributed by atoms with van der Waals surface area (Å²) >= 11 is 0. The molecule has 1 N–H and O–H groups in total. The van der Waals surface area contributed by atoms with E-state index in [0.717, 1.165) is 24.2 Å². The van der Waals surface area contributed by atoms with Gasteiger partial charge in [0, 0.05) is 6.10 Å². The number of aliphatic hydroxyl groups is 1. The highest BCUT2D eigenvalue weighted by molar-refractivity contribution is 6.74. The third-order valence-electron chi connectivity index (χ3n) is 13.1. The summed E-state index contributed by atoms with van der Waals surface area (Å²) < 4.78 is 7.01. The van der Waals surface area contributed by atoms with Crippen LogP contribution >= 0.6 is 0 Å². The van der Waals surface area contributed by atoms with E-state index in [0.29, 0.717) is 40.6 Å². The molecular weight excluding hydrogens is 444 g/mol. The smallest absolute Gasteiger partial charge is 0.192 e. The topological polar surface area (TPSA) is 29.5 Å². The molecule has 204 valence electrons. The van der Waals surface area contributed by atoms with E-state index in [9.17, 15) is 5.11 Å². The van der Waals surface area contributed by atoms with Crippen LogP contribution in [0.3, 0.4) is 0 Å². The Labute approximate surface area is 219 Å². The second kappa shape index (κ2) is 9.71. The number of rotatable bonds is 6. The second-order valence-electron chi connectivity index (χ2n) is 15.7. The fourth-order valence-electron chi connectivity index (χ4n) is 10.3. The van der Waals surface area contributed by atoms with Gasteiger partial charge < -0.3 is 9.53 Å². The van der Waals surface area contributed by atoms with Crippen LogP contribution in [0.2, 0.25) is 18.1 Å². The van der Waals surface area contributed by atoms with Gasteiger partial charge in [-0.15, -0.1) is 0 Å². The maximum Gasteiger partial charge on any atom is 0.192 e. The molecule has 0 heterocycles. The van der Waals surface area contributed by atoms with Crippen molar-refractivity contribution in [1.82, 2.24) is 0 Å². The number of hydrogen-bond acceptors (Lipinski definition) is 2. The summed E-state index contributed by atoms with van der Waals surface area (Å²) in [5.41, 5.74) is 0.827. The molecule has 4 fully saturated rings. The quantitative estimate of drug-likeness (QED) is 0.365. The van der Waals surface area contributed by atoms with Gasteiger partial charge in [-0.2, -0.15) is 0 Å². The normalized spacial score (nSPS) is 47.1. The monoisotopic (exact) mass is 504 g/mol. The van der Waals surface area contributed by atoms with Gasteiger partial charge in [0.25, 0.3) is 0 Å². The molecule has 0 aromatic carbocycles. The predicted octanol–water partition coefficient (Wildman–Crippen LogP) is 9.08. The van der Waals surface area contributed by atoms with Crippen molar-refractivity contribution in [1.29, 1.82) is 0 Å². The van der Waals surface area contributed by atoms with Gasteiger partial charge in [-0.3, -0.25) is 0 Å². The summed E-state index contributed by atoms with van der Waals surface area (Å²) in [7, 11) is -1.77. The van der Waals surface area contributed by atoms with Crippen LogP contribution < -0.4 is 0 Å². The molecule has 4 saturated carbocycles. The Balaban J connectivity index is 1.59. The van der Waals surface area contributed by atoms with Gasteiger partial charge in [0.2, 0.25) is 0 Å². The van der Waals surface area contributed by atoms with Gasteiger partial charge >= 0.3 is 0 Å². The van der Waals surface area contributed by atoms with Crippen molar-refractivity contribution in [3.63, 3.8) is 0 Å². The predicted molar refractivity (Wildman–Crippen MR) is 152 cm³/mol. The van der Waals surface area contributed by atoms with Gasteiger partial charge in [-0.1, -0.05) is 74.7 Å². The summed E-state index contributed by atoms with van der Waals surface area (Å²) in [6, 6.07) is 0. The average molecular weight is 505 g/mol. The van der Waals surface area contributed by atoms with Crippen LogP contribution in [0.5, 0.6) is 0 Å². The molecule has 35 heavy (non-hydrogen) atoms. The Kier molecular flexibility index (Phi) is 7.81. The fourth-order valence-corrected chi connectivity index (χ4v) is 11.7. The zero-order valence-corrected chi connectivity index (χ0v) is 26.1. The molecule has 0 aromatic heterocycles. The lowest BCUT2D eigenvalue weighted by Crippen LogP contribution is -2.62. The molecule has 4 aliphatic rings. The van der Waals surface area contributed by atoms with Crippen LogP contribution in [-0.2, 0) is 4.43 Å². The largest absolute Gasteiger partial charge is 0.414 e. The van der Waals surface area contributed by atoms with Crippen LogP contribution in [0.4, 0.5) is 0 Å². The SMILES string of the molecule is CCC[C@@H](C)[C@H]1CCC2C3C(CC[C@@]21C)[C@@]1(C)CC[C@@H](O[Si](C)(C)C(C)(C)C)C[C@H]1[C@@H](CC)[C@H]3O. The highest BCUT2D eigenvalue weighted by Gasteiger charge is 2.65. The molecular formula is C32H60O2Si. The minimum Gasteiger partial charge on any atom is -0.414 e. The molecule has 4 rings (SSSR count).